The van der Waals surface area contributed by atoms with Crippen LogP contribution in [0.1, 0.15) is 25.8 Å². The van der Waals surface area contributed by atoms with Crippen LogP contribution in [0.25, 0.3) is 0 Å². The summed E-state index contributed by atoms with van der Waals surface area (Å²) in [4.78, 5) is 44.6. The number of nitrogens with zero attached hydrogens (tertiary/aromatic N) is 3. The Labute approximate surface area is 247 Å². The number of anilines is 2. The Morgan fingerprint density at radius 2 is 1.83 bits per heavy atom. The molecule has 0 saturated carbocycles. The zero-order valence-electron chi connectivity index (χ0n) is 24.8. The molecule has 3 N–H and O–H groups in total. The van der Waals surface area contributed by atoms with Gasteiger partial charge in [-0.15, -0.1) is 0 Å². The van der Waals surface area contributed by atoms with Crippen LogP contribution in [0, 0.1) is 5.92 Å². The Morgan fingerprint density at radius 3 is 2.55 bits per heavy atom. The number of hydrogen-bond acceptors (Lipinski definition) is 7. The summed E-state index contributed by atoms with van der Waals surface area (Å²) in [5.41, 5.74) is 1.91. The summed E-state index contributed by atoms with van der Waals surface area (Å²) in [6, 6.07) is 13.9. The second-order valence-electron chi connectivity index (χ2n) is 11.1. The predicted octanol–water partition coefficient (Wildman–Crippen LogP) is 2.66. The number of morpholine rings is 1. The van der Waals surface area contributed by atoms with E-state index < -0.39 is 6.10 Å². The standard InChI is InChI=1S/C31H43N5O6/c1-22-19-36(23(2)21-37)30(39)18-24-17-26(32-29(38)11-12-35-13-15-41-16-14-35)9-10-27(24)42-28(22)20-34(3)31(40)33-25-7-5-4-6-8-25/h4-10,17,22-23,28,37H,11-16,18-21H2,1-3H3,(H,32,38)(H,33,40)/t22-,23-,28+/m0/s1. The molecule has 4 amide bonds. The maximum atomic E-state index is 13.5. The zero-order chi connectivity index (χ0) is 30.1. The first-order valence-electron chi connectivity index (χ1n) is 14.6. The molecule has 0 bridgehead atoms. The lowest BCUT2D eigenvalue weighted by molar-refractivity contribution is -0.134. The number of urea groups is 1. The van der Waals surface area contributed by atoms with Gasteiger partial charge in [0.2, 0.25) is 11.8 Å². The van der Waals surface area contributed by atoms with Crippen LogP contribution >= 0.6 is 0 Å². The Balaban J connectivity index is 1.50. The molecule has 0 aliphatic carbocycles. The normalized spacial score (nSPS) is 20.3. The maximum Gasteiger partial charge on any atom is 0.321 e. The number of rotatable bonds is 9. The molecule has 0 radical (unpaired) electrons. The molecule has 2 aromatic carbocycles. The van der Waals surface area contributed by atoms with E-state index in [1.54, 1.807) is 35.0 Å². The molecule has 228 valence electrons. The van der Waals surface area contributed by atoms with Gasteiger partial charge in [-0.2, -0.15) is 0 Å². The van der Waals surface area contributed by atoms with Crippen molar-refractivity contribution in [3.05, 3.63) is 54.1 Å². The highest BCUT2D eigenvalue weighted by atomic mass is 16.5. The number of benzene rings is 2. The molecule has 11 nitrogen and oxygen atoms in total. The lowest BCUT2D eigenvalue weighted by Gasteiger charge is -2.34. The molecule has 2 aliphatic heterocycles. The quantitative estimate of drug-likeness (QED) is 0.416. The van der Waals surface area contributed by atoms with Crippen LogP contribution in [0.3, 0.4) is 0 Å². The van der Waals surface area contributed by atoms with Crippen molar-refractivity contribution in [1.82, 2.24) is 14.7 Å². The second-order valence-corrected chi connectivity index (χ2v) is 11.1. The predicted molar refractivity (Wildman–Crippen MR) is 161 cm³/mol. The van der Waals surface area contributed by atoms with Gasteiger partial charge < -0.3 is 35.0 Å². The SMILES string of the molecule is C[C@H]1CN([C@@H](C)CO)C(=O)Cc2cc(NC(=O)CCN3CCOCC3)ccc2O[C@@H]1CN(C)C(=O)Nc1ccccc1. The first kappa shape index (κ1) is 31.3. The average Bonchev–Trinajstić information content (AvgIpc) is 3.04. The number of carbonyl (C=O) groups is 3. The minimum atomic E-state index is -0.441. The molecule has 1 saturated heterocycles. The highest BCUT2D eigenvalue weighted by Crippen LogP contribution is 2.29. The second kappa shape index (κ2) is 15.0. The van der Waals surface area contributed by atoms with Crippen molar-refractivity contribution in [3.8, 4) is 5.75 Å². The number of aliphatic hydroxyl groups excluding tert-OH is 1. The Hall–Kier alpha value is -3.67. The van der Waals surface area contributed by atoms with Crippen molar-refractivity contribution in [2.75, 3.05) is 70.2 Å². The first-order chi connectivity index (χ1) is 20.2. The van der Waals surface area contributed by atoms with Crippen LogP contribution in [0.15, 0.2) is 48.5 Å². The van der Waals surface area contributed by atoms with Crippen LogP contribution in [0.2, 0.25) is 0 Å². The van der Waals surface area contributed by atoms with Crippen molar-refractivity contribution < 1.29 is 29.0 Å². The number of para-hydroxylation sites is 1. The van der Waals surface area contributed by atoms with Crippen LogP contribution in [-0.4, -0.2) is 109 Å². The molecule has 3 atom stereocenters. The lowest BCUT2D eigenvalue weighted by Crippen LogP contribution is -2.48. The number of likely N-dealkylation sites (N-methyl/N-ethyl adjacent to an activating group) is 1. The van der Waals surface area contributed by atoms with Gasteiger partial charge in [-0.3, -0.25) is 14.5 Å². The van der Waals surface area contributed by atoms with Crippen molar-refractivity contribution >= 4 is 29.2 Å². The Bertz CT molecular complexity index is 1210. The van der Waals surface area contributed by atoms with Gasteiger partial charge in [-0.05, 0) is 37.3 Å². The van der Waals surface area contributed by atoms with Gasteiger partial charge in [0.15, 0.2) is 0 Å². The number of aliphatic hydroxyl groups is 1. The van der Waals surface area contributed by atoms with E-state index in [-0.39, 0.29) is 49.4 Å². The molecule has 2 aromatic rings. The first-order valence-corrected chi connectivity index (χ1v) is 14.6. The number of fused-ring (bicyclic) bond motifs is 1. The van der Waals surface area contributed by atoms with Gasteiger partial charge >= 0.3 is 6.03 Å². The molecule has 0 aromatic heterocycles. The van der Waals surface area contributed by atoms with Crippen molar-refractivity contribution in [2.45, 2.75) is 38.8 Å². The van der Waals surface area contributed by atoms with Gasteiger partial charge in [0.05, 0.1) is 38.8 Å². The summed E-state index contributed by atoms with van der Waals surface area (Å²) in [6.07, 6.45) is -0.0322. The smallest absolute Gasteiger partial charge is 0.321 e. The van der Waals surface area contributed by atoms with Crippen LogP contribution in [0.5, 0.6) is 5.75 Å². The van der Waals surface area contributed by atoms with Crippen LogP contribution in [-0.2, 0) is 20.7 Å². The molecule has 11 heteroatoms. The summed E-state index contributed by atoms with van der Waals surface area (Å²) in [7, 11) is 1.71. The molecule has 2 aliphatic rings. The van der Waals surface area contributed by atoms with Gasteiger partial charge in [-0.1, -0.05) is 25.1 Å². The van der Waals surface area contributed by atoms with E-state index in [0.717, 1.165) is 13.1 Å². The summed E-state index contributed by atoms with van der Waals surface area (Å²) in [5.74, 6) is 0.132. The highest BCUT2D eigenvalue weighted by Gasteiger charge is 2.32. The van der Waals surface area contributed by atoms with E-state index in [0.29, 0.717) is 55.4 Å². The molecular weight excluding hydrogens is 538 g/mol. The van der Waals surface area contributed by atoms with Crippen molar-refractivity contribution in [3.63, 3.8) is 0 Å². The summed E-state index contributed by atoms with van der Waals surface area (Å²) in [5, 5.41) is 15.7. The molecular formula is C31H43N5O6. The summed E-state index contributed by atoms with van der Waals surface area (Å²) < 4.78 is 11.9. The fourth-order valence-electron chi connectivity index (χ4n) is 5.13. The van der Waals surface area contributed by atoms with Crippen molar-refractivity contribution in [2.24, 2.45) is 5.92 Å². The third-order valence-electron chi connectivity index (χ3n) is 7.78. The largest absolute Gasteiger partial charge is 0.488 e. The molecule has 0 spiro atoms. The number of carbonyl (C=O) groups excluding carboxylic acids is 3. The van der Waals surface area contributed by atoms with Gasteiger partial charge in [0.25, 0.3) is 0 Å². The summed E-state index contributed by atoms with van der Waals surface area (Å²) >= 11 is 0. The van der Waals surface area contributed by atoms with E-state index in [9.17, 15) is 19.5 Å². The molecule has 0 unspecified atom stereocenters. The minimum Gasteiger partial charge on any atom is -0.488 e. The Morgan fingerprint density at radius 1 is 1.10 bits per heavy atom. The fourth-order valence-corrected chi connectivity index (χ4v) is 5.13. The lowest BCUT2D eigenvalue weighted by atomic mass is 10.0. The molecule has 42 heavy (non-hydrogen) atoms. The molecule has 1 fully saturated rings. The topological polar surface area (TPSA) is 124 Å². The van der Waals surface area contributed by atoms with E-state index in [2.05, 4.69) is 15.5 Å². The average molecular weight is 582 g/mol. The van der Waals surface area contributed by atoms with Gasteiger partial charge in [0.1, 0.15) is 11.9 Å². The zero-order valence-corrected chi connectivity index (χ0v) is 24.8. The molecule has 2 heterocycles. The number of nitrogens with one attached hydrogen (secondary N) is 2. The van der Waals surface area contributed by atoms with Crippen molar-refractivity contribution in [1.29, 1.82) is 0 Å². The maximum absolute atomic E-state index is 13.5. The Kier molecular flexibility index (Phi) is 11.2. The van der Waals surface area contributed by atoms with E-state index >= 15 is 0 Å². The van der Waals surface area contributed by atoms with Crippen LogP contribution < -0.4 is 15.4 Å². The summed E-state index contributed by atoms with van der Waals surface area (Å²) in [6.45, 7) is 7.90. The number of amides is 4. The number of ether oxygens (including phenoxy) is 2. The van der Waals surface area contributed by atoms with Gasteiger partial charge in [0, 0.05) is 62.5 Å². The van der Waals surface area contributed by atoms with Gasteiger partial charge in [-0.25, -0.2) is 4.79 Å². The minimum absolute atomic E-state index is 0.0565. The monoisotopic (exact) mass is 581 g/mol. The third kappa shape index (κ3) is 8.67. The van der Waals surface area contributed by atoms with E-state index in [4.69, 9.17) is 9.47 Å². The van der Waals surface area contributed by atoms with Crippen LogP contribution in [0.4, 0.5) is 16.2 Å². The van der Waals surface area contributed by atoms with E-state index in [1.165, 1.54) is 0 Å². The number of hydrogen-bond donors (Lipinski definition) is 3. The fraction of sp³-hybridized carbons (Fsp3) is 0.516. The highest BCUT2D eigenvalue weighted by molar-refractivity contribution is 5.91. The molecule has 4 rings (SSSR count). The van der Waals surface area contributed by atoms with E-state index in [1.807, 2.05) is 44.2 Å². The third-order valence-corrected chi connectivity index (χ3v) is 7.78.